The second-order valence-corrected chi connectivity index (χ2v) is 12.0. The first-order valence-electron chi connectivity index (χ1n) is 14.8. The van der Waals surface area contributed by atoms with E-state index >= 15 is 0 Å². The third-order valence-corrected chi connectivity index (χ3v) is 7.17. The van der Waals surface area contributed by atoms with Crippen molar-refractivity contribution in [1.29, 1.82) is 0 Å². The summed E-state index contributed by atoms with van der Waals surface area (Å²) < 4.78 is 5.42. The summed E-state index contributed by atoms with van der Waals surface area (Å²) in [4.78, 5) is 42.4. The van der Waals surface area contributed by atoms with Gasteiger partial charge >= 0.3 is 6.09 Å². The number of unbranched alkanes of at least 4 members (excludes halogenated alkanes) is 5. The van der Waals surface area contributed by atoms with Crippen LogP contribution in [-0.4, -0.2) is 46.7 Å². The number of nitrogens with zero attached hydrogens (tertiary/aromatic N) is 1. The molecule has 0 aliphatic heterocycles. The summed E-state index contributed by atoms with van der Waals surface area (Å²) in [6.45, 7) is 12.1. The molecule has 0 heterocycles. The number of nitrogens with one attached hydrogen (secondary N) is 2. The van der Waals surface area contributed by atoms with Crippen molar-refractivity contribution < 1.29 is 19.1 Å². The fourth-order valence-corrected chi connectivity index (χ4v) is 4.90. The van der Waals surface area contributed by atoms with Crippen molar-refractivity contribution in [2.24, 2.45) is 0 Å². The maximum atomic E-state index is 14.2. The first-order valence-corrected chi connectivity index (χ1v) is 15.4. The van der Waals surface area contributed by atoms with Crippen molar-refractivity contribution >= 4 is 30.5 Å². The minimum atomic E-state index is -0.956. The molecule has 2 atom stereocenters. The number of amides is 3. The Labute approximate surface area is 252 Å². The van der Waals surface area contributed by atoms with Gasteiger partial charge in [-0.2, -0.15) is 12.6 Å². The van der Waals surface area contributed by atoms with Crippen LogP contribution in [0.2, 0.25) is 0 Å². The van der Waals surface area contributed by atoms with E-state index in [2.05, 4.69) is 30.2 Å². The predicted molar refractivity (Wildman–Crippen MR) is 169 cm³/mol. The molecule has 3 amide bonds. The van der Waals surface area contributed by atoms with Crippen LogP contribution in [0.5, 0.6) is 0 Å². The molecule has 0 radical (unpaired) electrons. The number of ether oxygens (including phenoxy) is 1. The second-order valence-electron chi connectivity index (χ2n) is 11.6. The van der Waals surface area contributed by atoms with Gasteiger partial charge < -0.3 is 20.3 Å². The molecule has 2 aromatic carbocycles. The molecule has 226 valence electrons. The lowest BCUT2D eigenvalue weighted by Crippen LogP contribution is -2.54. The second kappa shape index (κ2) is 17.1. The maximum absolute atomic E-state index is 14.2. The molecule has 2 aromatic rings. The first-order chi connectivity index (χ1) is 19.5. The van der Waals surface area contributed by atoms with E-state index in [1.165, 1.54) is 6.42 Å². The molecule has 0 aliphatic rings. The maximum Gasteiger partial charge on any atom is 0.408 e. The van der Waals surface area contributed by atoms with E-state index < -0.39 is 23.8 Å². The van der Waals surface area contributed by atoms with Crippen LogP contribution in [-0.2, 0) is 20.9 Å². The normalized spacial score (nSPS) is 12.8. The van der Waals surface area contributed by atoms with E-state index in [1.807, 2.05) is 62.4 Å². The molecule has 0 aromatic heterocycles. The lowest BCUT2D eigenvalue weighted by molar-refractivity contribution is -0.142. The number of benzene rings is 2. The zero-order valence-electron chi connectivity index (χ0n) is 25.7. The highest BCUT2D eigenvalue weighted by atomic mass is 32.1. The van der Waals surface area contributed by atoms with Gasteiger partial charge in [-0.25, -0.2) is 4.79 Å². The van der Waals surface area contributed by atoms with Gasteiger partial charge in [0, 0.05) is 18.8 Å². The Morgan fingerprint density at radius 2 is 1.61 bits per heavy atom. The number of carbonyl (C=O) groups excluding carboxylic acids is 3. The van der Waals surface area contributed by atoms with Crippen LogP contribution in [0.1, 0.15) is 94.5 Å². The monoisotopic (exact) mass is 583 g/mol. The van der Waals surface area contributed by atoms with Gasteiger partial charge in [0.2, 0.25) is 11.8 Å². The van der Waals surface area contributed by atoms with Crippen LogP contribution in [0, 0.1) is 13.8 Å². The van der Waals surface area contributed by atoms with Crippen molar-refractivity contribution in [1.82, 2.24) is 15.5 Å². The van der Waals surface area contributed by atoms with Gasteiger partial charge in [-0.15, -0.1) is 0 Å². The molecule has 0 saturated carbocycles. The standard InChI is InChI=1S/C33H49N3O4S/c1-7-8-9-10-11-15-20-36(31(38)28(23-41)35-32(39)40-33(4,5)6)29(27-21-24(2)18-19-25(27)3)30(37)34-22-26-16-13-12-14-17-26/h12-14,16-19,21,28-29,41H,7-11,15,20,22-23H2,1-6H3,(H,34,37)(H,35,39). The third-order valence-electron chi connectivity index (χ3n) is 6.81. The fraction of sp³-hybridized carbons (Fsp3) is 0.545. The predicted octanol–water partition coefficient (Wildman–Crippen LogP) is 6.67. The van der Waals surface area contributed by atoms with Gasteiger partial charge in [-0.3, -0.25) is 9.59 Å². The zero-order chi connectivity index (χ0) is 30.4. The van der Waals surface area contributed by atoms with E-state index in [0.29, 0.717) is 13.1 Å². The summed E-state index contributed by atoms with van der Waals surface area (Å²) >= 11 is 4.40. The van der Waals surface area contributed by atoms with Gasteiger partial charge in [0.15, 0.2) is 0 Å². The molecule has 2 N–H and O–H groups in total. The molecule has 2 rings (SSSR count). The Morgan fingerprint density at radius 3 is 2.24 bits per heavy atom. The van der Waals surface area contributed by atoms with Crippen LogP contribution < -0.4 is 10.6 Å². The molecule has 0 spiro atoms. The van der Waals surface area contributed by atoms with E-state index in [4.69, 9.17) is 4.74 Å². The molecule has 0 saturated heterocycles. The molecule has 41 heavy (non-hydrogen) atoms. The highest BCUT2D eigenvalue weighted by molar-refractivity contribution is 7.80. The largest absolute Gasteiger partial charge is 0.444 e. The number of alkyl carbamates (subject to hydrolysis) is 1. The third kappa shape index (κ3) is 11.8. The smallest absolute Gasteiger partial charge is 0.408 e. The van der Waals surface area contributed by atoms with E-state index in [0.717, 1.165) is 54.4 Å². The van der Waals surface area contributed by atoms with Gasteiger partial charge in [0.05, 0.1) is 0 Å². The Kier molecular flexibility index (Phi) is 14.2. The summed E-state index contributed by atoms with van der Waals surface area (Å²) in [6, 6.07) is 13.8. The highest BCUT2D eigenvalue weighted by Crippen LogP contribution is 2.28. The van der Waals surface area contributed by atoms with Crippen molar-refractivity contribution in [2.45, 2.75) is 104 Å². The number of rotatable bonds is 15. The molecule has 0 bridgehead atoms. The van der Waals surface area contributed by atoms with E-state index in [1.54, 1.807) is 25.7 Å². The number of hydrogen-bond acceptors (Lipinski definition) is 5. The zero-order valence-corrected chi connectivity index (χ0v) is 26.6. The molecule has 0 fully saturated rings. The topological polar surface area (TPSA) is 87.7 Å². The molecule has 7 nitrogen and oxygen atoms in total. The van der Waals surface area contributed by atoms with Gasteiger partial charge in [-0.05, 0) is 57.7 Å². The minimum Gasteiger partial charge on any atom is -0.444 e. The molecular formula is C33H49N3O4S. The Morgan fingerprint density at radius 1 is 0.951 bits per heavy atom. The van der Waals surface area contributed by atoms with Gasteiger partial charge in [0.25, 0.3) is 0 Å². The molecular weight excluding hydrogens is 534 g/mol. The van der Waals surface area contributed by atoms with Crippen LogP contribution >= 0.6 is 12.6 Å². The minimum absolute atomic E-state index is 0.0657. The molecule has 8 heteroatoms. The van der Waals surface area contributed by atoms with Crippen molar-refractivity contribution in [3.8, 4) is 0 Å². The number of hydrogen-bond donors (Lipinski definition) is 3. The van der Waals surface area contributed by atoms with Gasteiger partial charge in [-0.1, -0.05) is 93.1 Å². The Bertz CT molecular complexity index is 1120. The van der Waals surface area contributed by atoms with Crippen LogP contribution in [0.4, 0.5) is 4.79 Å². The Balaban J connectivity index is 2.44. The summed E-state index contributed by atoms with van der Waals surface area (Å²) in [5, 5.41) is 5.75. The lowest BCUT2D eigenvalue weighted by Gasteiger charge is -2.35. The van der Waals surface area contributed by atoms with Crippen LogP contribution in [0.3, 0.4) is 0 Å². The number of aryl methyl sites for hydroxylation is 2. The van der Waals surface area contributed by atoms with Crippen molar-refractivity contribution in [2.75, 3.05) is 12.3 Å². The summed E-state index contributed by atoms with van der Waals surface area (Å²) in [5.41, 5.74) is 2.93. The SMILES string of the molecule is CCCCCCCCN(C(=O)C(CS)NC(=O)OC(C)(C)C)C(C(=O)NCc1ccccc1)c1cc(C)ccc1C. The van der Waals surface area contributed by atoms with E-state index in [-0.39, 0.29) is 17.6 Å². The Hall–Kier alpha value is -3.00. The average Bonchev–Trinajstić information content (AvgIpc) is 2.92. The van der Waals surface area contributed by atoms with Crippen molar-refractivity contribution in [3.63, 3.8) is 0 Å². The average molecular weight is 584 g/mol. The van der Waals surface area contributed by atoms with Crippen LogP contribution in [0.25, 0.3) is 0 Å². The summed E-state index contributed by atoms with van der Waals surface area (Å²) in [5.74, 6) is -0.562. The summed E-state index contributed by atoms with van der Waals surface area (Å²) in [6.07, 6.45) is 5.53. The summed E-state index contributed by atoms with van der Waals surface area (Å²) in [7, 11) is 0. The van der Waals surface area contributed by atoms with Crippen molar-refractivity contribution in [3.05, 3.63) is 70.8 Å². The lowest BCUT2D eigenvalue weighted by atomic mass is 9.95. The first kappa shape index (κ1) is 34.2. The van der Waals surface area contributed by atoms with E-state index in [9.17, 15) is 14.4 Å². The van der Waals surface area contributed by atoms with Gasteiger partial charge in [0.1, 0.15) is 17.7 Å². The quantitative estimate of drug-likeness (QED) is 0.161. The number of thiol groups is 1. The van der Waals surface area contributed by atoms with Crippen LogP contribution in [0.15, 0.2) is 48.5 Å². The molecule has 0 aliphatic carbocycles. The highest BCUT2D eigenvalue weighted by Gasteiger charge is 2.36. The molecule has 2 unspecified atom stereocenters. The fourth-order valence-electron chi connectivity index (χ4n) is 4.65. The number of carbonyl (C=O) groups is 3.